The third-order valence-corrected chi connectivity index (χ3v) is 7.43. The SMILES string of the molecule is COc1cccc(NCCCCC(=O)NCC(=O)NC(CC(=O)O)c2ccc(-c3ccc(C(C)C)c4ccccc34)cc2)n1. The third-order valence-electron chi connectivity index (χ3n) is 7.43. The number of rotatable bonds is 15. The molecule has 0 radical (unpaired) electrons. The maximum atomic E-state index is 12.7. The van der Waals surface area contributed by atoms with Crippen LogP contribution in [0.2, 0.25) is 0 Å². The molecule has 0 saturated heterocycles. The lowest BCUT2D eigenvalue weighted by molar-refractivity contribution is -0.138. The number of carbonyl (C=O) groups excluding carboxylic acids is 2. The van der Waals surface area contributed by atoms with E-state index < -0.39 is 17.9 Å². The highest BCUT2D eigenvalue weighted by atomic mass is 16.5. The van der Waals surface area contributed by atoms with Crippen LogP contribution in [0.25, 0.3) is 21.9 Å². The van der Waals surface area contributed by atoms with Crippen LogP contribution in [0, 0.1) is 0 Å². The minimum absolute atomic E-state index is 0.229. The summed E-state index contributed by atoms with van der Waals surface area (Å²) in [5, 5.41) is 20.5. The van der Waals surface area contributed by atoms with Crippen molar-refractivity contribution in [3.63, 3.8) is 0 Å². The van der Waals surface area contributed by atoms with E-state index in [1.54, 1.807) is 13.2 Å². The van der Waals surface area contributed by atoms with Crippen molar-refractivity contribution in [1.82, 2.24) is 15.6 Å². The molecule has 4 N–H and O–H groups in total. The van der Waals surface area contributed by atoms with Crippen LogP contribution in [0.3, 0.4) is 0 Å². The van der Waals surface area contributed by atoms with E-state index in [1.807, 2.05) is 48.5 Å². The van der Waals surface area contributed by atoms with E-state index in [-0.39, 0.29) is 25.3 Å². The van der Waals surface area contributed by atoms with Gasteiger partial charge in [0.05, 0.1) is 26.1 Å². The fraction of sp³-hybridized carbons (Fsp3) is 0.314. The van der Waals surface area contributed by atoms with Crippen LogP contribution in [-0.2, 0) is 14.4 Å². The van der Waals surface area contributed by atoms with Crippen LogP contribution in [-0.4, -0.2) is 48.1 Å². The van der Waals surface area contributed by atoms with Gasteiger partial charge in [0.1, 0.15) is 5.82 Å². The first-order valence-corrected chi connectivity index (χ1v) is 14.9. The largest absolute Gasteiger partial charge is 0.481 e. The number of aromatic nitrogens is 1. The first kappa shape index (κ1) is 32.0. The molecule has 0 fully saturated rings. The Balaban J connectivity index is 1.29. The molecule has 3 aromatic carbocycles. The average Bonchev–Trinajstić information content (AvgIpc) is 3.02. The Morgan fingerprint density at radius 1 is 0.864 bits per heavy atom. The zero-order valence-electron chi connectivity index (χ0n) is 25.4. The van der Waals surface area contributed by atoms with Gasteiger partial charge in [-0.2, -0.15) is 4.98 Å². The van der Waals surface area contributed by atoms with Gasteiger partial charge >= 0.3 is 5.97 Å². The van der Waals surface area contributed by atoms with Gasteiger partial charge in [0.2, 0.25) is 17.7 Å². The molecule has 44 heavy (non-hydrogen) atoms. The van der Waals surface area contributed by atoms with Crippen LogP contribution >= 0.6 is 0 Å². The van der Waals surface area contributed by atoms with Gasteiger partial charge in [-0.05, 0) is 57.9 Å². The Labute approximate surface area is 258 Å². The van der Waals surface area contributed by atoms with Gasteiger partial charge in [-0.15, -0.1) is 0 Å². The summed E-state index contributed by atoms with van der Waals surface area (Å²) in [6.45, 7) is 4.78. The van der Waals surface area contributed by atoms with E-state index in [0.29, 0.717) is 36.1 Å². The van der Waals surface area contributed by atoms with Gasteiger partial charge in [-0.25, -0.2) is 0 Å². The quantitative estimate of drug-likeness (QED) is 0.123. The van der Waals surface area contributed by atoms with E-state index in [0.717, 1.165) is 22.9 Å². The molecule has 230 valence electrons. The molecule has 4 aromatic rings. The number of hydrogen-bond donors (Lipinski definition) is 4. The smallest absolute Gasteiger partial charge is 0.305 e. The first-order valence-electron chi connectivity index (χ1n) is 14.9. The van der Waals surface area contributed by atoms with E-state index in [4.69, 9.17) is 4.74 Å². The maximum Gasteiger partial charge on any atom is 0.305 e. The van der Waals surface area contributed by atoms with Crippen molar-refractivity contribution in [2.45, 2.75) is 51.5 Å². The highest BCUT2D eigenvalue weighted by Gasteiger charge is 2.19. The Morgan fingerprint density at radius 3 is 2.32 bits per heavy atom. The zero-order chi connectivity index (χ0) is 31.5. The molecule has 1 atom stereocenters. The number of carboxylic acids is 1. The fourth-order valence-electron chi connectivity index (χ4n) is 5.17. The molecule has 1 heterocycles. The lowest BCUT2D eigenvalue weighted by atomic mass is 9.90. The molecule has 2 amide bonds. The number of nitrogens with one attached hydrogen (secondary N) is 3. The van der Waals surface area contributed by atoms with Crippen molar-refractivity contribution < 1.29 is 24.2 Å². The number of hydrogen-bond acceptors (Lipinski definition) is 6. The summed E-state index contributed by atoms with van der Waals surface area (Å²) < 4.78 is 5.11. The van der Waals surface area contributed by atoms with Gasteiger partial charge in [0.15, 0.2) is 0 Å². The highest BCUT2D eigenvalue weighted by Crippen LogP contribution is 2.34. The van der Waals surface area contributed by atoms with Crippen molar-refractivity contribution in [3.05, 3.63) is 90.0 Å². The second-order valence-electron chi connectivity index (χ2n) is 11.0. The van der Waals surface area contributed by atoms with E-state index in [2.05, 4.69) is 59.0 Å². The summed E-state index contributed by atoms with van der Waals surface area (Å²) in [7, 11) is 1.56. The first-order chi connectivity index (χ1) is 21.2. The van der Waals surface area contributed by atoms with E-state index in [9.17, 15) is 19.5 Å². The lowest BCUT2D eigenvalue weighted by Crippen LogP contribution is -2.39. The van der Waals surface area contributed by atoms with Crippen LogP contribution < -0.4 is 20.7 Å². The number of amides is 2. The molecule has 0 aliphatic rings. The fourth-order valence-corrected chi connectivity index (χ4v) is 5.17. The van der Waals surface area contributed by atoms with Crippen molar-refractivity contribution in [3.8, 4) is 17.0 Å². The lowest BCUT2D eigenvalue weighted by Gasteiger charge is -2.19. The Kier molecular flexibility index (Phi) is 11.3. The predicted octanol–water partition coefficient (Wildman–Crippen LogP) is 6.06. The molecule has 1 unspecified atom stereocenters. The minimum Gasteiger partial charge on any atom is -0.481 e. The van der Waals surface area contributed by atoms with Crippen LogP contribution in [0.15, 0.2) is 78.9 Å². The summed E-state index contributed by atoms with van der Waals surface area (Å²) in [5.41, 5.74) is 4.06. The normalized spacial score (nSPS) is 11.6. The molecule has 0 spiro atoms. The van der Waals surface area contributed by atoms with Gasteiger partial charge in [-0.1, -0.05) is 80.6 Å². The molecule has 0 aliphatic heterocycles. The van der Waals surface area contributed by atoms with Crippen molar-refractivity contribution in [2.75, 3.05) is 25.5 Å². The van der Waals surface area contributed by atoms with Gasteiger partial charge in [0, 0.05) is 19.0 Å². The highest BCUT2D eigenvalue weighted by molar-refractivity contribution is 5.98. The molecule has 9 nitrogen and oxygen atoms in total. The monoisotopic (exact) mass is 596 g/mol. The zero-order valence-corrected chi connectivity index (χ0v) is 25.4. The minimum atomic E-state index is -1.03. The number of unbranched alkanes of at least 4 members (excludes halogenated alkanes) is 1. The molecule has 9 heteroatoms. The number of carboxylic acid groups (broad SMARTS) is 1. The van der Waals surface area contributed by atoms with Crippen LogP contribution in [0.1, 0.15) is 62.6 Å². The Hall–Kier alpha value is -4.92. The predicted molar refractivity (Wildman–Crippen MR) is 173 cm³/mol. The second kappa shape index (κ2) is 15.5. The number of fused-ring (bicyclic) bond motifs is 1. The van der Waals surface area contributed by atoms with Crippen LogP contribution in [0.4, 0.5) is 5.82 Å². The number of ether oxygens (including phenoxy) is 1. The number of pyridine rings is 1. The van der Waals surface area contributed by atoms with Gasteiger partial charge in [-0.3, -0.25) is 14.4 Å². The molecule has 1 aromatic heterocycles. The number of carbonyl (C=O) groups is 3. The van der Waals surface area contributed by atoms with E-state index in [1.165, 1.54) is 10.9 Å². The summed E-state index contributed by atoms with van der Waals surface area (Å²) in [4.78, 5) is 40.9. The number of aliphatic carboxylic acids is 1. The number of benzene rings is 3. The molecule has 0 bridgehead atoms. The van der Waals surface area contributed by atoms with Crippen molar-refractivity contribution >= 4 is 34.4 Å². The maximum absolute atomic E-state index is 12.7. The summed E-state index contributed by atoms with van der Waals surface area (Å²) in [6.07, 6.45) is 1.37. The van der Waals surface area contributed by atoms with Gasteiger partial charge in [0.25, 0.3) is 0 Å². The molecular weight excluding hydrogens is 556 g/mol. The van der Waals surface area contributed by atoms with Crippen molar-refractivity contribution in [2.24, 2.45) is 0 Å². The van der Waals surface area contributed by atoms with Crippen molar-refractivity contribution in [1.29, 1.82) is 0 Å². The molecule has 4 rings (SSSR count). The molecular formula is C35H40N4O5. The molecule has 0 saturated carbocycles. The Morgan fingerprint density at radius 2 is 1.61 bits per heavy atom. The number of nitrogens with zero attached hydrogens (tertiary/aromatic N) is 1. The molecule has 0 aliphatic carbocycles. The summed E-state index contributed by atoms with van der Waals surface area (Å²) in [5.74, 6) is -0.103. The summed E-state index contributed by atoms with van der Waals surface area (Å²) in [6, 6.07) is 24.9. The standard InChI is InChI=1S/C35H40N4O5/c1-23(2)26-18-19-27(29-10-5-4-9-28(26)29)24-14-16-25(17-15-24)30(21-35(42)43)38-33(41)22-37-32(40)12-6-7-20-36-31-11-8-13-34(39-31)44-3/h4-5,8-11,13-19,23,30H,6-7,12,20-22H2,1-3H3,(H,36,39)(H,37,40)(H,38,41)(H,42,43). The topological polar surface area (TPSA) is 130 Å². The number of anilines is 1. The van der Waals surface area contributed by atoms with Gasteiger partial charge < -0.3 is 25.8 Å². The Bertz CT molecular complexity index is 1590. The third kappa shape index (κ3) is 8.80. The van der Waals surface area contributed by atoms with E-state index >= 15 is 0 Å². The van der Waals surface area contributed by atoms with Crippen LogP contribution in [0.5, 0.6) is 5.88 Å². The number of methoxy groups -OCH3 is 1. The second-order valence-corrected chi connectivity index (χ2v) is 11.0. The average molecular weight is 597 g/mol. The summed E-state index contributed by atoms with van der Waals surface area (Å²) >= 11 is 0.